The Morgan fingerprint density at radius 2 is 2.09 bits per heavy atom. The number of nitrogens with zero attached hydrogens (tertiary/aromatic N) is 3. The molecule has 0 bridgehead atoms. The number of phenols is 1. The van der Waals surface area contributed by atoms with Gasteiger partial charge in [-0.1, -0.05) is 0 Å². The number of phenolic OH excluding ortho intramolecular Hbond substituents is 1. The summed E-state index contributed by atoms with van der Waals surface area (Å²) < 4.78 is 0. The second kappa shape index (κ2) is 6.44. The molecule has 22 heavy (non-hydrogen) atoms. The molecule has 2 rings (SSSR count). The molecule has 0 radical (unpaired) electrons. The maximum absolute atomic E-state index is 11.7. The van der Waals surface area contributed by atoms with Crippen LogP contribution in [-0.2, 0) is 0 Å². The fourth-order valence-corrected chi connectivity index (χ4v) is 1.72. The van der Waals surface area contributed by atoms with Gasteiger partial charge in [-0.3, -0.25) is 19.9 Å². The molecule has 1 aromatic carbocycles. The van der Waals surface area contributed by atoms with Crippen molar-refractivity contribution in [3.05, 3.63) is 63.5 Å². The third-order valence-electron chi connectivity index (χ3n) is 2.84. The zero-order chi connectivity index (χ0) is 16.1. The van der Waals surface area contributed by atoms with Crippen molar-refractivity contribution < 1.29 is 14.8 Å². The van der Waals surface area contributed by atoms with Crippen LogP contribution >= 0.6 is 0 Å². The Bertz CT molecular complexity index is 744. The average Bonchev–Trinajstić information content (AvgIpc) is 2.51. The Labute approximate surface area is 125 Å². The van der Waals surface area contributed by atoms with Gasteiger partial charge in [0.2, 0.25) is 0 Å². The zero-order valence-corrected chi connectivity index (χ0v) is 11.6. The fourth-order valence-electron chi connectivity index (χ4n) is 1.72. The van der Waals surface area contributed by atoms with Gasteiger partial charge in [0.1, 0.15) is 5.75 Å². The molecular weight excluding hydrogens is 288 g/mol. The lowest BCUT2D eigenvalue weighted by molar-refractivity contribution is -0.384. The lowest BCUT2D eigenvalue weighted by Gasteiger charge is -2.03. The van der Waals surface area contributed by atoms with Crippen molar-refractivity contribution in [3.63, 3.8) is 0 Å². The normalized spacial score (nSPS) is 10.6. The van der Waals surface area contributed by atoms with Crippen LogP contribution in [0.5, 0.6) is 5.75 Å². The third-order valence-corrected chi connectivity index (χ3v) is 2.84. The van der Waals surface area contributed by atoms with Crippen LogP contribution in [0.1, 0.15) is 21.5 Å². The topological polar surface area (TPSA) is 118 Å². The van der Waals surface area contributed by atoms with Crippen molar-refractivity contribution in [1.82, 2.24) is 10.4 Å². The number of nitro groups is 1. The number of benzene rings is 1. The number of rotatable bonds is 4. The second-order valence-corrected chi connectivity index (χ2v) is 4.39. The molecule has 112 valence electrons. The summed E-state index contributed by atoms with van der Waals surface area (Å²) >= 11 is 0. The van der Waals surface area contributed by atoms with Gasteiger partial charge in [0, 0.05) is 35.7 Å². The van der Waals surface area contributed by atoms with E-state index in [9.17, 15) is 20.0 Å². The van der Waals surface area contributed by atoms with Crippen LogP contribution in [0.4, 0.5) is 5.69 Å². The molecule has 0 unspecified atom stereocenters. The first-order valence-electron chi connectivity index (χ1n) is 6.20. The van der Waals surface area contributed by atoms with Gasteiger partial charge in [0.05, 0.1) is 11.1 Å². The van der Waals surface area contributed by atoms with Crippen LogP contribution in [0.15, 0.2) is 41.8 Å². The number of amides is 1. The highest BCUT2D eigenvalue weighted by Gasteiger charge is 2.12. The standard InChI is InChI=1S/C14H12N4O4/c1-9-6-12(18(21)22)7-11(13(9)19)8-16-17-14(20)10-2-4-15-5-3-10/h2-8,19H,1H3,(H,17,20). The molecule has 0 spiro atoms. The summed E-state index contributed by atoms with van der Waals surface area (Å²) in [6.07, 6.45) is 4.08. The first kappa shape index (κ1) is 15.1. The van der Waals surface area contributed by atoms with Gasteiger partial charge in [-0.15, -0.1) is 0 Å². The molecule has 2 aromatic rings. The molecule has 0 aliphatic heterocycles. The van der Waals surface area contributed by atoms with E-state index in [0.29, 0.717) is 11.1 Å². The maximum Gasteiger partial charge on any atom is 0.271 e. The van der Waals surface area contributed by atoms with E-state index in [4.69, 9.17) is 0 Å². The summed E-state index contributed by atoms with van der Waals surface area (Å²) in [6.45, 7) is 1.54. The van der Waals surface area contributed by atoms with Gasteiger partial charge < -0.3 is 5.11 Å². The largest absolute Gasteiger partial charge is 0.507 e. The number of hydrogen-bond acceptors (Lipinski definition) is 6. The van der Waals surface area contributed by atoms with Gasteiger partial charge in [-0.05, 0) is 24.6 Å². The number of hydrazone groups is 1. The lowest BCUT2D eigenvalue weighted by Crippen LogP contribution is -2.17. The molecule has 2 N–H and O–H groups in total. The highest BCUT2D eigenvalue weighted by molar-refractivity contribution is 5.95. The van der Waals surface area contributed by atoms with E-state index in [-0.39, 0.29) is 17.0 Å². The van der Waals surface area contributed by atoms with Gasteiger partial charge in [0.15, 0.2) is 0 Å². The highest BCUT2D eigenvalue weighted by atomic mass is 16.6. The van der Waals surface area contributed by atoms with Gasteiger partial charge in [0.25, 0.3) is 11.6 Å². The molecule has 0 aliphatic rings. The third kappa shape index (κ3) is 3.42. The molecule has 1 aromatic heterocycles. The van der Waals surface area contributed by atoms with Crippen molar-refractivity contribution in [1.29, 1.82) is 0 Å². The Kier molecular flexibility index (Phi) is 4.42. The van der Waals surface area contributed by atoms with E-state index in [1.165, 1.54) is 43.6 Å². The Morgan fingerprint density at radius 1 is 1.41 bits per heavy atom. The summed E-state index contributed by atoms with van der Waals surface area (Å²) in [7, 11) is 0. The van der Waals surface area contributed by atoms with E-state index < -0.39 is 10.8 Å². The smallest absolute Gasteiger partial charge is 0.271 e. The minimum Gasteiger partial charge on any atom is -0.507 e. The van der Waals surface area contributed by atoms with E-state index in [1.54, 1.807) is 0 Å². The quantitative estimate of drug-likeness (QED) is 0.507. The lowest BCUT2D eigenvalue weighted by atomic mass is 10.1. The van der Waals surface area contributed by atoms with Crippen LogP contribution in [0, 0.1) is 17.0 Å². The molecule has 0 saturated carbocycles. The highest BCUT2D eigenvalue weighted by Crippen LogP contribution is 2.26. The Hall–Kier alpha value is -3.29. The molecule has 0 saturated heterocycles. The van der Waals surface area contributed by atoms with Crippen LogP contribution < -0.4 is 5.43 Å². The van der Waals surface area contributed by atoms with Gasteiger partial charge in [-0.25, -0.2) is 5.43 Å². The van der Waals surface area contributed by atoms with Crippen molar-refractivity contribution >= 4 is 17.8 Å². The number of pyridine rings is 1. The van der Waals surface area contributed by atoms with Crippen LogP contribution in [0.3, 0.4) is 0 Å². The zero-order valence-electron chi connectivity index (χ0n) is 11.6. The number of carbonyl (C=O) groups excluding carboxylic acids is 1. The van der Waals surface area contributed by atoms with E-state index >= 15 is 0 Å². The molecule has 1 heterocycles. The van der Waals surface area contributed by atoms with Crippen molar-refractivity contribution in [2.45, 2.75) is 6.92 Å². The van der Waals surface area contributed by atoms with Gasteiger partial charge in [-0.2, -0.15) is 5.10 Å². The molecule has 8 nitrogen and oxygen atoms in total. The second-order valence-electron chi connectivity index (χ2n) is 4.39. The van der Waals surface area contributed by atoms with Crippen molar-refractivity contribution in [3.8, 4) is 5.75 Å². The average molecular weight is 300 g/mol. The van der Waals surface area contributed by atoms with Crippen molar-refractivity contribution in [2.75, 3.05) is 0 Å². The molecule has 1 amide bonds. The number of hydrogen-bond donors (Lipinski definition) is 2. The van der Waals surface area contributed by atoms with Crippen LogP contribution in [0.2, 0.25) is 0 Å². The Morgan fingerprint density at radius 3 is 2.73 bits per heavy atom. The van der Waals surface area contributed by atoms with Crippen molar-refractivity contribution in [2.24, 2.45) is 5.10 Å². The SMILES string of the molecule is Cc1cc([N+](=O)[O-])cc(C=NNC(=O)c2ccncc2)c1O. The van der Waals surface area contributed by atoms with E-state index in [0.717, 1.165) is 6.21 Å². The fraction of sp³-hybridized carbons (Fsp3) is 0.0714. The minimum atomic E-state index is -0.570. The monoisotopic (exact) mass is 300 g/mol. The number of nitrogens with one attached hydrogen (secondary N) is 1. The summed E-state index contributed by atoms with van der Waals surface area (Å²) in [5.74, 6) is -0.590. The molecule has 0 aliphatic carbocycles. The summed E-state index contributed by atoms with van der Waals surface area (Å²) in [5, 5.41) is 24.3. The number of aryl methyl sites for hydroxylation is 1. The first-order valence-corrected chi connectivity index (χ1v) is 6.20. The minimum absolute atomic E-state index is 0.132. The summed E-state index contributed by atoms with van der Waals surface area (Å²) in [5.41, 5.74) is 2.95. The molecule has 0 fully saturated rings. The Balaban J connectivity index is 2.17. The van der Waals surface area contributed by atoms with Crippen LogP contribution in [-0.4, -0.2) is 27.1 Å². The number of non-ortho nitro benzene ring substituents is 1. The van der Waals surface area contributed by atoms with Gasteiger partial charge >= 0.3 is 0 Å². The molecule has 8 heteroatoms. The predicted octanol–water partition coefficient (Wildman–Crippen LogP) is 1.77. The number of aromatic hydroxyl groups is 1. The van der Waals surface area contributed by atoms with E-state index in [1.807, 2.05) is 0 Å². The summed E-state index contributed by atoms with van der Waals surface area (Å²) in [6, 6.07) is 5.45. The number of aromatic nitrogens is 1. The summed E-state index contributed by atoms with van der Waals surface area (Å²) in [4.78, 5) is 25.7. The molecular formula is C14H12N4O4. The number of nitro benzene ring substituents is 1. The maximum atomic E-state index is 11.7. The van der Waals surface area contributed by atoms with E-state index in [2.05, 4.69) is 15.5 Å². The molecule has 0 atom stereocenters. The van der Waals surface area contributed by atoms with Crippen LogP contribution in [0.25, 0.3) is 0 Å². The predicted molar refractivity (Wildman–Crippen MR) is 78.8 cm³/mol. The number of carbonyl (C=O) groups is 1. The first-order chi connectivity index (χ1) is 10.5.